The molecule has 0 spiro atoms. The number of anilines is 1. The number of rotatable bonds is 1. The van der Waals surface area contributed by atoms with E-state index in [1.165, 1.54) is 0 Å². The van der Waals surface area contributed by atoms with Gasteiger partial charge in [-0.3, -0.25) is 4.40 Å². The normalized spacial score (nSPS) is 11.0. The lowest BCUT2D eigenvalue weighted by molar-refractivity contribution is 1.16. The quantitative estimate of drug-likeness (QED) is 0.745. The van der Waals surface area contributed by atoms with Crippen molar-refractivity contribution in [2.45, 2.75) is 6.92 Å². The SMILES string of the molecule is Cc1cc2nc(-c3ccccc3)c(N)n2cc1Br. The lowest BCUT2D eigenvalue weighted by Crippen LogP contribution is -1.94. The Hall–Kier alpha value is -1.81. The molecule has 2 heterocycles. The van der Waals surface area contributed by atoms with Crippen molar-refractivity contribution in [2.24, 2.45) is 0 Å². The number of benzene rings is 1. The van der Waals surface area contributed by atoms with Gasteiger partial charge in [0.2, 0.25) is 0 Å². The Morgan fingerprint density at radius 2 is 1.94 bits per heavy atom. The molecule has 90 valence electrons. The number of aromatic nitrogens is 2. The molecule has 2 aromatic heterocycles. The second-order valence-corrected chi connectivity index (χ2v) is 5.10. The highest BCUT2D eigenvalue weighted by Crippen LogP contribution is 2.28. The fourth-order valence-electron chi connectivity index (χ4n) is 1.99. The average molecular weight is 302 g/mol. The molecule has 0 amide bonds. The summed E-state index contributed by atoms with van der Waals surface area (Å²) in [7, 11) is 0. The zero-order valence-electron chi connectivity index (χ0n) is 9.89. The number of hydrogen-bond acceptors (Lipinski definition) is 2. The topological polar surface area (TPSA) is 43.3 Å². The molecule has 1 aromatic carbocycles. The van der Waals surface area contributed by atoms with E-state index < -0.39 is 0 Å². The minimum absolute atomic E-state index is 0.664. The average Bonchev–Trinajstić information content (AvgIpc) is 2.69. The summed E-state index contributed by atoms with van der Waals surface area (Å²) in [5.74, 6) is 0.664. The zero-order chi connectivity index (χ0) is 12.7. The van der Waals surface area contributed by atoms with E-state index >= 15 is 0 Å². The van der Waals surface area contributed by atoms with E-state index in [0.29, 0.717) is 5.82 Å². The van der Waals surface area contributed by atoms with Crippen LogP contribution in [0.3, 0.4) is 0 Å². The molecule has 3 rings (SSSR count). The van der Waals surface area contributed by atoms with E-state index in [0.717, 1.165) is 26.9 Å². The number of pyridine rings is 1. The summed E-state index contributed by atoms with van der Waals surface area (Å²) in [4.78, 5) is 4.60. The summed E-state index contributed by atoms with van der Waals surface area (Å²) in [6.45, 7) is 2.04. The third-order valence-electron chi connectivity index (χ3n) is 2.99. The van der Waals surface area contributed by atoms with Crippen molar-refractivity contribution in [3.8, 4) is 11.3 Å². The molecular formula is C14H12BrN3. The third-order valence-corrected chi connectivity index (χ3v) is 3.82. The van der Waals surface area contributed by atoms with Gasteiger partial charge >= 0.3 is 0 Å². The second kappa shape index (κ2) is 4.14. The third kappa shape index (κ3) is 1.69. The molecule has 0 aliphatic heterocycles. The van der Waals surface area contributed by atoms with Gasteiger partial charge in [0, 0.05) is 16.2 Å². The molecule has 4 heteroatoms. The highest BCUT2D eigenvalue weighted by Gasteiger charge is 2.11. The summed E-state index contributed by atoms with van der Waals surface area (Å²) in [5.41, 5.74) is 10.0. The lowest BCUT2D eigenvalue weighted by atomic mass is 10.1. The Labute approximate surface area is 113 Å². The molecule has 18 heavy (non-hydrogen) atoms. The van der Waals surface area contributed by atoms with Crippen LogP contribution in [-0.2, 0) is 0 Å². The van der Waals surface area contributed by atoms with Gasteiger partial charge in [0.1, 0.15) is 17.2 Å². The molecule has 0 radical (unpaired) electrons. The Kier molecular flexibility index (Phi) is 2.59. The summed E-state index contributed by atoms with van der Waals surface area (Å²) in [6, 6.07) is 12.0. The smallest absolute Gasteiger partial charge is 0.139 e. The Morgan fingerprint density at radius 3 is 2.67 bits per heavy atom. The molecule has 0 aliphatic carbocycles. The van der Waals surface area contributed by atoms with Gasteiger partial charge in [0.15, 0.2) is 0 Å². The summed E-state index contributed by atoms with van der Waals surface area (Å²) >= 11 is 3.51. The van der Waals surface area contributed by atoms with Crippen molar-refractivity contribution in [1.29, 1.82) is 0 Å². The van der Waals surface area contributed by atoms with E-state index in [9.17, 15) is 0 Å². The van der Waals surface area contributed by atoms with Crippen molar-refractivity contribution < 1.29 is 0 Å². The van der Waals surface area contributed by atoms with Crippen molar-refractivity contribution in [3.05, 3.63) is 52.6 Å². The first-order valence-corrected chi connectivity index (χ1v) is 6.45. The Balaban J connectivity index is 2.30. The minimum Gasteiger partial charge on any atom is -0.383 e. The number of fused-ring (bicyclic) bond motifs is 1. The van der Waals surface area contributed by atoms with Gasteiger partial charge < -0.3 is 5.73 Å². The fraction of sp³-hybridized carbons (Fsp3) is 0.0714. The van der Waals surface area contributed by atoms with Gasteiger partial charge in [-0.1, -0.05) is 30.3 Å². The molecule has 3 nitrogen and oxygen atoms in total. The fourth-order valence-corrected chi connectivity index (χ4v) is 2.31. The van der Waals surface area contributed by atoms with Gasteiger partial charge in [-0.2, -0.15) is 0 Å². The Morgan fingerprint density at radius 1 is 1.22 bits per heavy atom. The Bertz CT molecular complexity index is 717. The molecule has 0 atom stereocenters. The van der Waals surface area contributed by atoms with Gasteiger partial charge in [0.25, 0.3) is 0 Å². The number of halogens is 1. The van der Waals surface area contributed by atoms with Crippen molar-refractivity contribution >= 4 is 27.4 Å². The number of nitrogens with zero attached hydrogens (tertiary/aromatic N) is 2. The van der Waals surface area contributed by atoms with Crippen LogP contribution in [-0.4, -0.2) is 9.38 Å². The number of imidazole rings is 1. The minimum atomic E-state index is 0.664. The first-order chi connectivity index (χ1) is 8.66. The van der Waals surface area contributed by atoms with Crippen LogP contribution in [0.4, 0.5) is 5.82 Å². The van der Waals surface area contributed by atoms with Crippen LogP contribution in [0.2, 0.25) is 0 Å². The maximum absolute atomic E-state index is 6.17. The maximum atomic E-state index is 6.17. The standard InChI is InChI=1S/C14H12BrN3/c1-9-7-12-17-13(10-5-3-2-4-6-10)14(16)18(12)8-11(9)15/h2-8H,16H2,1H3. The predicted octanol–water partition coefficient (Wildman–Crippen LogP) is 3.65. The van der Waals surface area contributed by atoms with Gasteiger partial charge in [-0.15, -0.1) is 0 Å². The van der Waals surface area contributed by atoms with Crippen LogP contribution in [0.5, 0.6) is 0 Å². The molecule has 0 aliphatic rings. The predicted molar refractivity (Wildman–Crippen MR) is 77.5 cm³/mol. The van der Waals surface area contributed by atoms with E-state index in [1.54, 1.807) is 0 Å². The molecule has 3 aromatic rings. The highest BCUT2D eigenvalue weighted by atomic mass is 79.9. The van der Waals surface area contributed by atoms with Crippen LogP contribution >= 0.6 is 15.9 Å². The van der Waals surface area contributed by atoms with Gasteiger partial charge in [-0.05, 0) is 34.5 Å². The number of nitrogens with two attached hydrogens (primary N) is 1. The zero-order valence-corrected chi connectivity index (χ0v) is 11.5. The molecule has 0 saturated heterocycles. The molecule has 0 fully saturated rings. The number of hydrogen-bond donors (Lipinski definition) is 1. The van der Waals surface area contributed by atoms with Crippen LogP contribution in [0.15, 0.2) is 47.1 Å². The van der Waals surface area contributed by atoms with Crippen LogP contribution in [0.1, 0.15) is 5.56 Å². The molecule has 0 bridgehead atoms. The van der Waals surface area contributed by atoms with Crippen LogP contribution < -0.4 is 5.73 Å². The molecule has 0 unspecified atom stereocenters. The van der Waals surface area contributed by atoms with Crippen molar-refractivity contribution in [2.75, 3.05) is 5.73 Å². The molecular weight excluding hydrogens is 290 g/mol. The van der Waals surface area contributed by atoms with Gasteiger partial charge in [-0.25, -0.2) is 4.98 Å². The number of nitrogen functional groups attached to an aromatic ring is 1. The summed E-state index contributed by atoms with van der Waals surface area (Å²) in [5, 5.41) is 0. The van der Waals surface area contributed by atoms with E-state index in [-0.39, 0.29) is 0 Å². The summed E-state index contributed by atoms with van der Waals surface area (Å²) < 4.78 is 2.93. The highest BCUT2D eigenvalue weighted by molar-refractivity contribution is 9.10. The van der Waals surface area contributed by atoms with E-state index in [4.69, 9.17) is 5.73 Å². The van der Waals surface area contributed by atoms with Crippen LogP contribution in [0.25, 0.3) is 16.9 Å². The summed E-state index contributed by atoms with van der Waals surface area (Å²) in [6.07, 6.45) is 1.96. The molecule has 0 saturated carbocycles. The van der Waals surface area contributed by atoms with Crippen molar-refractivity contribution in [1.82, 2.24) is 9.38 Å². The first-order valence-electron chi connectivity index (χ1n) is 5.66. The largest absolute Gasteiger partial charge is 0.383 e. The van der Waals surface area contributed by atoms with E-state index in [1.807, 2.05) is 53.9 Å². The van der Waals surface area contributed by atoms with E-state index in [2.05, 4.69) is 20.9 Å². The monoisotopic (exact) mass is 301 g/mol. The maximum Gasteiger partial charge on any atom is 0.139 e. The van der Waals surface area contributed by atoms with Crippen molar-refractivity contribution in [3.63, 3.8) is 0 Å². The number of aryl methyl sites for hydroxylation is 1. The van der Waals surface area contributed by atoms with Crippen LogP contribution in [0, 0.1) is 6.92 Å². The molecule has 2 N–H and O–H groups in total. The lowest BCUT2D eigenvalue weighted by Gasteiger charge is -2.01. The second-order valence-electron chi connectivity index (χ2n) is 4.24. The van der Waals surface area contributed by atoms with Gasteiger partial charge in [0.05, 0.1) is 0 Å². The first kappa shape index (κ1) is 11.3.